The maximum Gasteiger partial charge on any atom is 0.318 e. The van der Waals surface area contributed by atoms with Gasteiger partial charge in [0, 0.05) is 19.3 Å². The van der Waals surface area contributed by atoms with Gasteiger partial charge in [0.1, 0.15) is 0 Å². The van der Waals surface area contributed by atoms with Crippen LogP contribution < -0.4 is 0 Å². The summed E-state index contributed by atoms with van der Waals surface area (Å²) in [4.78, 5) is 31.7. The first-order valence-corrected chi connectivity index (χ1v) is 9.62. The molecule has 0 fully saturated rings. The van der Waals surface area contributed by atoms with Crippen LogP contribution in [-0.2, 0) is 4.79 Å². The largest absolute Gasteiger partial charge is 0.481 e. The molecule has 0 aliphatic rings. The van der Waals surface area contributed by atoms with E-state index in [1.165, 1.54) is 0 Å². The van der Waals surface area contributed by atoms with E-state index in [-0.39, 0.29) is 30.7 Å². The maximum absolute atomic E-state index is 11.2. The molecule has 0 atom stereocenters. The molecular weight excluding hydrogens is 340 g/mol. The molecule has 0 heterocycles. The molecule has 0 aliphatic heterocycles. The number of carboxylic acid groups (broad SMARTS) is 1. The van der Waals surface area contributed by atoms with Crippen molar-refractivity contribution in [2.45, 2.75) is 96.8 Å². The predicted octanol–water partition coefficient (Wildman–Crippen LogP) is 5.32. The average molecular weight is 372 g/mol. The van der Waals surface area contributed by atoms with Crippen molar-refractivity contribution in [3.05, 3.63) is 31.6 Å². The third-order valence-electron chi connectivity index (χ3n) is 4.35. The molecule has 0 radical (unpaired) electrons. The number of aliphatic carboxylic acids is 1. The number of rotatable bonds is 17. The normalized spacial score (nSPS) is 11.9. The van der Waals surface area contributed by atoms with E-state index >= 15 is 0 Å². The van der Waals surface area contributed by atoms with Gasteiger partial charge in [0.2, 0.25) is 0 Å². The zero-order valence-corrected chi connectivity index (χ0v) is 15.8. The van der Waals surface area contributed by atoms with Gasteiger partial charge >= 0.3 is 17.4 Å². The molecule has 0 spiro atoms. The van der Waals surface area contributed by atoms with Gasteiger partial charge in [-0.1, -0.05) is 58.3 Å². The number of hydrogen-bond donors (Lipinski definition) is 1. The molecule has 0 rings (SSSR count). The number of nitrogens with zero attached hydrogens (tertiary/aromatic N) is 2. The highest BCUT2D eigenvalue weighted by atomic mass is 16.6. The van der Waals surface area contributed by atoms with Crippen LogP contribution in [0.2, 0.25) is 0 Å². The maximum atomic E-state index is 11.2. The van der Waals surface area contributed by atoms with Crippen molar-refractivity contribution >= 4 is 5.97 Å². The molecule has 0 aromatic rings. The number of nitro groups is 2. The van der Waals surface area contributed by atoms with E-state index in [1.807, 2.05) is 0 Å². The molecule has 26 heavy (non-hydrogen) atoms. The minimum atomic E-state index is -0.825. The van der Waals surface area contributed by atoms with Gasteiger partial charge < -0.3 is 5.11 Å². The molecule has 8 nitrogen and oxygen atoms in total. The first kappa shape index (κ1) is 24.0. The number of hydrogen-bond acceptors (Lipinski definition) is 5. The summed E-state index contributed by atoms with van der Waals surface area (Å²) in [5.41, 5.74) is -0.523. The van der Waals surface area contributed by atoms with Crippen LogP contribution >= 0.6 is 0 Å². The van der Waals surface area contributed by atoms with Crippen molar-refractivity contribution in [2.24, 2.45) is 0 Å². The molecule has 0 unspecified atom stereocenters. The van der Waals surface area contributed by atoms with E-state index in [9.17, 15) is 25.0 Å². The second-order valence-corrected chi connectivity index (χ2v) is 6.59. The fraction of sp³-hybridized carbons (Fsp3) is 0.833. The van der Waals surface area contributed by atoms with Crippen LogP contribution in [0.25, 0.3) is 0 Å². The molecule has 0 saturated heterocycles. The molecule has 150 valence electrons. The quantitative estimate of drug-likeness (QED) is 0.209. The Morgan fingerprint density at radius 2 is 1.04 bits per heavy atom. The van der Waals surface area contributed by atoms with Crippen molar-refractivity contribution in [1.82, 2.24) is 0 Å². The van der Waals surface area contributed by atoms with Gasteiger partial charge in [-0.25, -0.2) is 0 Å². The van der Waals surface area contributed by atoms with E-state index in [0.717, 1.165) is 44.9 Å². The van der Waals surface area contributed by atoms with Gasteiger partial charge in [-0.3, -0.25) is 25.0 Å². The number of carbonyl (C=O) groups is 1. The highest BCUT2D eigenvalue weighted by molar-refractivity contribution is 5.66. The van der Waals surface area contributed by atoms with Crippen LogP contribution in [0, 0.1) is 20.2 Å². The molecule has 0 amide bonds. The van der Waals surface area contributed by atoms with Crippen LogP contribution in [0.3, 0.4) is 0 Å². The number of allylic oxidation sites excluding steroid dienone is 2. The molecule has 0 saturated carbocycles. The lowest BCUT2D eigenvalue weighted by molar-refractivity contribution is -0.475. The Morgan fingerprint density at radius 1 is 0.692 bits per heavy atom. The van der Waals surface area contributed by atoms with Gasteiger partial charge in [-0.2, -0.15) is 0 Å². The molecule has 0 aliphatic carbocycles. The Morgan fingerprint density at radius 3 is 1.38 bits per heavy atom. The van der Waals surface area contributed by atoms with Crippen molar-refractivity contribution in [2.75, 3.05) is 0 Å². The van der Waals surface area contributed by atoms with Gasteiger partial charge in [0.15, 0.2) is 0 Å². The SMILES string of the molecule is CCCCCCCC/C(=C(/CCCCCCCC(=O)O)[N+](=O)[O-])[N+](=O)[O-]. The third-order valence-corrected chi connectivity index (χ3v) is 4.35. The van der Waals surface area contributed by atoms with Gasteiger partial charge in [-0.15, -0.1) is 0 Å². The Bertz CT molecular complexity index is 476. The molecule has 0 aromatic carbocycles. The lowest BCUT2D eigenvalue weighted by atomic mass is 10.0. The van der Waals surface area contributed by atoms with Crippen LogP contribution in [0.5, 0.6) is 0 Å². The zero-order valence-electron chi connectivity index (χ0n) is 15.8. The smallest absolute Gasteiger partial charge is 0.318 e. The minimum Gasteiger partial charge on any atom is -0.481 e. The Labute approximate surface area is 155 Å². The highest BCUT2D eigenvalue weighted by Gasteiger charge is 2.27. The summed E-state index contributed by atoms with van der Waals surface area (Å²) >= 11 is 0. The Kier molecular flexibility index (Phi) is 14.1. The minimum absolute atomic E-state index is 0.0953. The van der Waals surface area contributed by atoms with Crippen LogP contribution in [-0.4, -0.2) is 20.9 Å². The van der Waals surface area contributed by atoms with Crippen LogP contribution in [0.4, 0.5) is 0 Å². The Hall–Kier alpha value is -1.99. The number of carboxylic acids is 1. The monoisotopic (exact) mass is 372 g/mol. The summed E-state index contributed by atoms with van der Waals surface area (Å²) in [6, 6.07) is 0. The average Bonchev–Trinajstić information content (AvgIpc) is 2.57. The van der Waals surface area contributed by atoms with E-state index in [2.05, 4.69) is 6.92 Å². The summed E-state index contributed by atoms with van der Waals surface area (Å²) in [5, 5.41) is 31.0. The molecule has 0 bridgehead atoms. The zero-order chi connectivity index (χ0) is 19.8. The summed E-state index contributed by atoms with van der Waals surface area (Å²) < 4.78 is 0. The van der Waals surface area contributed by atoms with Crippen LogP contribution in [0.15, 0.2) is 11.4 Å². The number of unbranched alkanes of at least 4 members (excludes halogenated alkanes) is 9. The molecule has 1 N–H and O–H groups in total. The van der Waals surface area contributed by atoms with Crippen molar-refractivity contribution in [1.29, 1.82) is 0 Å². The van der Waals surface area contributed by atoms with E-state index in [0.29, 0.717) is 25.7 Å². The van der Waals surface area contributed by atoms with Gasteiger partial charge in [0.05, 0.1) is 9.85 Å². The first-order valence-electron chi connectivity index (χ1n) is 9.62. The third kappa shape index (κ3) is 12.4. The summed E-state index contributed by atoms with van der Waals surface area (Å²) in [6.07, 6.45) is 9.54. The molecule has 8 heteroatoms. The second-order valence-electron chi connectivity index (χ2n) is 6.59. The van der Waals surface area contributed by atoms with E-state index in [4.69, 9.17) is 5.11 Å². The lowest BCUT2D eigenvalue weighted by Gasteiger charge is -2.04. The van der Waals surface area contributed by atoms with E-state index in [1.54, 1.807) is 0 Å². The fourth-order valence-corrected chi connectivity index (χ4v) is 2.85. The topological polar surface area (TPSA) is 124 Å². The summed E-state index contributed by atoms with van der Waals surface area (Å²) in [7, 11) is 0. The van der Waals surface area contributed by atoms with Crippen molar-refractivity contribution in [3.8, 4) is 0 Å². The van der Waals surface area contributed by atoms with Crippen LogP contribution in [0.1, 0.15) is 96.8 Å². The molecular formula is C18H32N2O6. The summed E-state index contributed by atoms with van der Waals surface area (Å²) in [5.74, 6) is -0.825. The molecule has 0 aromatic heterocycles. The fourth-order valence-electron chi connectivity index (χ4n) is 2.85. The standard InChI is InChI=1S/C18H32N2O6/c1-2-3-4-5-7-10-13-16(19(23)24)17(20(25)26)14-11-8-6-9-12-15-18(21)22/h2-15H2,1H3,(H,21,22)/b17-16+. The Balaban J connectivity index is 4.38. The first-order chi connectivity index (χ1) is 12.4. The van der Waals surface area contributed by atoms with Crippen molar-refractivity contribution < 1.29 is 19.7 Å². The summed E-state index contributed by atoms with van der Waals surface area (Å²) in [6.45, 7) is 2.11. The lowest BCUT2D eigenvalue weighted by Crippen LogP contribution is -2.10. The highest BCUT2D eigenvalue weighted by Crippen LogP contribution is 2.21. The second kappa shape index (κ2) is 15.3. The van der Waals surface area contributed by atoms with Crippen molar-refractivity contribution in [3.63, 3.8) is 0 Å². The van der Waals surface area contributed by atoms with Gasteiger partial charge in [0.25, 0.3) is 0 Å². The van der Waals surface area contributed by atoms with Gasteiger partial charge in [-0.05, 0) is 19.3 Å². The predicted molar refractivity (Wildman–Crippen MR) is 99.0 cm³/mol. The van der Waals surface area contributed by atoms with E-state index < -0.39 is 15.8 Å².